The zero-order chi connectivity index (χ0) is 12.1. The van der Waals surface area contributed by atoms with Crippen molar-refractivity contribution in [1.82, 2.24) is 14.8 Å². The Morgan fingerprint density at radius 1 is 1.29 bits per heavy atom. The highest BCUT2D eigenvalue weighted by atomic mass is 79.9. The van der Waals surface area contributed by atoms with Crippen molar-refractivity contribution in [2.45, 2.75) is 26.4 Å². The predicted molar refractivity (Wildman–Crippen MR) is 71.8 cm³/mol. The van der Waals surface area contributed by atoms with Crippen LogP contribution in [0.5, 0.6) is 0 Å². The molecule has 0 aliphatic carbocycles. The molecule has 0 fully saturated rings. The molecule has 0 unspecified atom stereocenters. The van der Waals surface area contributed by atoms with Crippen molar-refractivity contribution in [3.05, 3.63) is 40.9 Å². The Morgan fingerprint density at radius 3 is 2.76 bits per heavy atom. The normalized spacial score (nSPS) is 10.5. The first-order valence-electron chi connectivity index (χ1n) is 5.65. The van der Waals surface area contributed by atoms with Crippen molar-refractivity contribution in [1.29, 1.82) is 0 Å². The van der Waals surface area contributed by atoms with E-state index in [9.17, 15) is 0 Å². The van der Waals surface area contributed by atoms with E-state index < -0.39 is 0 Å². The van der Waals surface area contributed by atoms with E-state index in [4.69, 9.17) is 0 Å². The number of hydrogen-bond donors (Lipinski definition) is 1. The molecule has 0 aliphatic heterocycles. The minimum Gasteiger partial charge on any atom is -0.378 e. The van der Waals surface area contributed by atoms with Crippen LogP contribution in [0.25, 0.3) is 0 Å². The van der Waals surface area contributed by atoms with Crippen LogP contribution in [0, 0.1) is 0 Å². The number of halogens is 1. The monoisotopic (exact) mass is 294 g/mol. The Kier molecular flexibility index (Phi) is 4.14. The van der Waals surface area contributed by atoms with Crippen LogP contribution in [0.4, 0.5) is 5.69 Å². The first kappa shape index (κ1) is 12.1. The molecule has 0 atom stereocenters. The standard InChI is InChI=1S/C12H15BrN4/c1-2-7-17-12(15-9-16-17)8-14-11-5-3-10(13)4-6-11/h3-6,9,14H,2,7-8H2,1H3. The summed E-state index contributed by atoms with van der Waals surface area (Å²) < 4.78 is 3.02. The van der Waals surface area contributed by atoms with Gasteiger partial charge in [0.1, 0.15) is 12.2 Å². The molecule has 1 heterocycles. The van der Waals surface area contributed by atoms with Gasteiger partial charge in [0.05, 0.1) is 6.54 Å². The molecule has 0 radical (unpaired) electrons. The van der Waals surface area contributed by atoms with Crippen molar-refractivity contribution in [3.8, 4) is 0 Å². The Labute approximate surface area is 109 Å². The van der Waals surface area contributed by atoms with E-state index in [0.29, 0.717) is 6.54 Å². The van der Waals surface area contributed by atoms with Gasteiger partial charge in [0.15, 0.2) is 0 Å². The molecule has 1 aromatic heterocycles. The van der Waals surface area contributed by atoms with Crippen molar-refractivity contribution in [2.75, 3.05) is 5.32 Å². The fourth-order valence-electron chi connectivity index (χ4n) is 1.57. The summed E-state index contributed by atoms with van der Waals surface area (Å²) in [5, 5.41) is 7.52. The van der Waals surface area contributed by atoms with Gasteiger partial charge in [-0.05, 0) is 30.7 Å². The maximum Gasteiger partial charge on any atom is 0.146 e. The number of nitrogens with one attached hydrogen (secondary N) is 1. The van der Waals surface area contributed by atoms with Gasteiger partial charge >= 0.3 is 0 Å². The van der Waals surface area contributed by atoms with Crippen LogP contribution in [0.1, 0.15) is 19.2 Å². The van der Waals surface area contributed by atoms with Gasteiger partial charge in [-0.2, -0.15) is 5.10 Å². The number of benzene rings is 1. The zero-order valence-corrected chi connectivity index (χ0v) is 11.3. The van der Waals surface area contributed by atoms with E-state index in [-0.39, 0.29) is 0 Å². The lowest BCUT2D eigenvalue weighted by Crippen LogP contribution is -2.09. The summed E-state index contributed by atoms with van der Waals surface area (Å²) in [6.07, 6.45) is 2.67. The van der Waals surface area contributed by atoms with Crippen LogP contribution in [-0.4, -0.2) is 14.8 Å². The molecule has 2 rings (SSSR count). The highest BCUT2D eigenvalue weighted by molar-refractivity contribution is 9.10. The van der Waals surface area contributed by atoms with Gasteiger partial charge in [-0.15, -0.1) is 0 Å². The molecule has 5 heteroatoms. The number of aryl methyl sites for hydroxylation is 1. The zero-order valence-electron chi connectivity index (χ0n) is 9.73. The van der Waals surface area contributed by atoms with Gasteiger partial charge in [0.2, 0.25) is 0 Å². The number of hydrogen-bond acceptors (Lipinski definition) is 3. The van der Waals surface area contributed by atoms with Crippen LogP contribution < -0.4 is 5.32 Å². The van der Waals surface area contributed by atoms with E-state index in [1.165, 1.54) is 0 Å². The third-order valence-corrected chi connectivity index (χ3v) is 2.95. The van der Waals surface area contributed by atoms with Crippen LogP contribution in [0.2, 0.25) is 0 Å². The Bertz CT molecular complexity index is 464. The Morgan fingerprint density at radius 2 is 2.06 bits per heavy atom. The largest absolute Gasteiger partial charge is 0.378 e. The molecule has 0 aliphatic rings. The van der Waals surface area contributed by atoms with Crippen LogP contribution in [0.15, 0.2) is 35.1 Å². The van der Waals surface area contributed by atoms with Gasteiger partial charge in [-0.3, -0.25) is 0 Å². The van der Waals surface area contributed by atoms with Crippen molar-refractivity contribution >= 4 is 21.6 Å². The van der Waals surface area contributed by atoms with Gasteiger partial charge in [0, 0.05) is 16.7 Å². The highest BCUT2D eigenvalue weighted by Crippen LogP contribution is 2.14. The highest BCUT2D eigenvalue weighted by Gasteiger charge is 2.02. The molecule has 1 aromatic carbocycles. The lowest BCUT2D eigenvalue weighted by Gasteiger charge is -2.07. The van der Waals surface area contributed by atoms with Gasteiger partial charge in [-0.1, -0.05) is 22.9 Å². The summed E-state index contributed by atoms with van der Waals surface area (Å²) >= 11 is 3.41. The first-order valence-corrected chi connectivity index (χ1v) is 6.45. The molecular weight excluding hydrogens is 280 g/mol. The molecule has 90 valence electrons. The lowest BCUT2D eigenvalue weighted by atomic mass is 10.3. The van der Waals surface area contributed by atoms with Crippen molar-refractivity contribution < 1.29 is 0 Å². The number of nitrogens with zero attached hydrogens (tertiary/aromatic N) is 3. The number of aromatic nitrogens is 3. The summed E-state index contributed by atoms with van der Waals surface area (Å²) in [5.74, 6) is 0.967. The van der Waals surface area contributed by atoms with Crippen LogP contribution in [0.3, 0.4) is 0 Å². The Balaban J connectivity index is 1.97. The first-order chi connectivity index (χ1) is 8.29. The molecule has 0 amide bonds. The molecule has 0 spiro atoms. The van der Waals surface area contributed by atoms with E-state index in [2.05, 4.69) is 38.3 Å². The second-order valence-corrected chi connectivity index (χ2v) is 4.68. The summed E-state index contributed by atoms with van der Waals surface area (Å²) in [4.78, 5) is 4.25. The molecule has 0 saturated heterocycles. The van der Waals surface area contributed by atoms with E-state index in [1.807, 2.05) is 28.9 Å². The van der Waals surface area contributed by atoms with E-state index in [1.54, 1.807) is 6.33 Å². The molecular formula is C12H15BrN4. The maximum absolute atomic E-state index is 4.25. The molecule has 17 heavy (non-hydrogen) atoms. The minimum atomic E-state index is 0.696. The van der Waals surface area contributed by atoms with E-state index in [0.717, 1.165) is 29.0 Å². The second-order valence-electron chi connectivity index (χ2n) is 3.76. The number of rotatable bonds is 5. The molecule has 4 nitrogen and oxygen atoms in total. The summed E-state index contributed by atoms with van der Waals surface area (Å²) in [6.45, 7) is 3.74. The van der Waals surface area contributed by atoms with E-state index >= 15 is 0 Å². The van der Waals surface area contributed by atoms with Crippen LogP contribution >= 0.6 is 15.9 Å². The average Bonchev–Trinajstić information content (AvgIpc) is 2.77. The fourth-order valence-corrected chi connectivity index (χ4v) is 1.84. The fraction of sp³-hybridized carbons (Fsp3) is 0.333. The molecule has 0 bridgehead atoms. The SMILES string of the molecule is CCCn1ncnc1CNc1ccc(Br)cc1. The van der Waals surface area contributed by atoms with Crippen molar-refractivity contribution in [2.24, 2.45) is 0 Å². The van der Waals surface area contributed by atoms with Crippen molar-refractivity contribution in [3.63, 3.8) is 0 Å². The molecule has 2 aromatic rings. The quantitative estimate of drug-likeness (QED) is 0.922. The minimum absolute atomic E-state index is 0.696. The van der Waals surface area contributed by atoms with Gasteiger partial charge in [-0.25, -0.2) is 9.67 Å². The predicted octanol–water partition coefficient (Wildman–Crippen LogP) is 3.06. The second kappa shape index (κ2) is 5.82. The summed E-state index contributed by atoms with van der Waals surface area (Å²) in [7, 11) is 0. The molecule has 1 N–H and O–H groups in total. The third kappa shape index (κ3) is 3.30. The summed E-state index contributed by atoms with van der Waals surface area (Å²) in [5.41, 5.74) is 1.08. The topological polar surface area (TPSA) is 42.7 Å². The average molecular weight is 295 g/mol. The lowest BCUT2D eigenvalue weighted by molar-refractivity contribution is 0.574. The van der Waals surface area contributed by atoms with Crippen LogP contribution in [-0.2, 0) is 13.1 Å². The van der Waals surface area contributed by atoms with Gasteiger partial charge < -0.3 is 5.32 Å². The summed E-state index contributed by atoms with van der Waals surface area (Å²) in [6, 6.07) is 8.09. The van der Waals surface area contributed by atoms with Gasteiger partial charge in [0.25, 0.3) is 0 Å². The number of anilines is 1. The molecule has 0 saturated carbocycles. The Hall–Kier alpha value is -1.36. The third-order valence-electron chi connectivity index (χ3n) is 2.43. The smallest absolute Gasteiger partial charge is 0.146 e. The maximum atomic E-state index is 4.25.